The average molecular weight is 138 g/mol. The molecule has 0 atom stereocenters. The fourth-order valence-electron chi connectivity index (χ4n) is 0.527. The standard InChI is InChI=1S/C7H11BO2/c1-5(4-9)6(10)7(2,3)8/h9H,1,4H2,2-3H3. The second-order valence-electron chi connectivity index (χ2n) is 2.81. The first-order valence-electron chi connectivity index (χ1n) is 3.02. The maximum atomic E-state index is 11.0. The number of Topliss-reactive ketones (excluding diaryl/α,β-unsaturated/α-hetero) is 1. The van der Waals surface area contributed by atoms with Crippen LogP contribution in [0.4, 0.5) is 0 Å². The van der Waals surface area contributed by atoms with Crippen molar-refractivity contribution in [2.45, 2.75) is 19.2 Å². The molecule has 0 aromatic heterocycles. The predicted molar refractivity (Wildman–Crippen MR) is 41.0 cm³/mol. The number of hydrogen-bond donors (Lipinski definition) is 1. The van der Waals surface area contributed by atoms with Crippen molar-refractivity contribution in [3.05, 3.63) is 12.2 Å². The molecule has 0 rings (SSSR count). The van der Waals surface area contributed by atoms with E-state index in [4.69, 9.17) is 13.0 Å². The van der Waals surface area contributed by atoms with E-state index in [2.05, 4.69) is 6.58 Å². The van der Waals surface area contributed by atoms with Crippen molar-refractivity contribution in [3.63, 3.8) is 0 Å². The third-order valence-corrected chi connectivity index (χ3v) is 1.10. The normalized spacial score (nSPS) is 11.1. The molecule has 1 N–H and O–H groups in total. The SMILES string of the molecule is [B]C(C)(C)C(=O)C(=C)CO. The molecule has 0 heterocycles. The Balaban J connectivity index is 4.24. The summed E-state index contributed by atoms with van der Waals surface area (Å²) in [6, 6.07) is 0. The van der Waals surface area contributed by atoms with Gasteiger partial charge in [-0.3, -0.25) is 4.79 Å². The first kappa shape index (κ1) is 9.43. The summed E-state index contributed by atoms with van der Waals surface area (Å²) in [5, 5.41) is 7.58. The minimum atomic E-state index is -0.917. The van der Waals surface area contributed by atoms with Crippen molar-refractivity contribution in [1.82, 2.24) is 0 Å². The molecular formula is C7H11BO2. The summed E-state index contributed by atoms with van der Waals surface area (Å²) in [6.07, 6.45) is 0. The highest BCUT2D eigenvalue weighted by Crippen LogP contribution is 2.22. The van der Waals surface area contributed by atoms with Gasteiger partial charge in [-0.1, -0.05) is 20.4 Å². The third kappa shape index (κ3) is 2.35. The average Bonchev–Trinajstić information content (AvgIpc) is 1.83. The van der Waals surface area contributed by atoms with Gasteiger partial charge in [0.1, 0.15) is 0 Å². The van der Waals surface area contributed by atoms with Gasteiger partial charge in [-0.25, -0.2) is 0 Å². The minimum absolute atomic E-state index is 0.160. The molecule has 0 fully saturated rings. The molecule has 0 unspecified atom stereocenters. The smallest absolute Gasteiger partial charge is 0.157 e. The highest BCUT2D eigenvalue weighted by molar-refractivity contribution is 6.31. The molecule has 3 heteroatoms. The summed E-state index contributed by atoms with van der Waals surface area (Å²) in [6.45, 7) is 6.20. The summed E-state index contributed by atoms with van der Waals surface area (Å²) in [5.41, 5.74) is 0.160. The molecule has 0 saturated carbocycles. The number of rotatable bonds is 3. The fourth-order valence-corrected chi connectivity index (χ4v) is 0.527. The molecular weight excluding hydrogens is 127 g/mol. The van der Waals surface area contributed by atoms with E-state index in [1.165, 1.54) is 0 Å². The van der Waals surface area contributed by atoms with Gasteiger partial charge in [0.05, 0.1) is 14.5 Å². The molecule has 0 aromatic rings. The Hall–Kier alpha value is -0.565. The van der Waals surface area contributed by atoms with Crippen LogP contribution in [0.1, 0.15) is 13.8 Å². The lowest BCUT2D eigenvalue weighted by Gasteiger charge is -2.17. The second-order valence-corrected chi connectivity index (χ2v) is 2.81. The van der Waals surface area contributed by atoms with Crippen LogP contribution in [0.25, 0.3) is 0 Å². The Morgan fingerprint density at radius 3 is 2.20 bits per heavy atom. The van der Waals surface area contributed by atoms with E-state index in [1.54, 1.807) is 13.8 Å². The Morgan fingerprint density at radius 1 is 1.70 bits per heavy atom. The molecule has 2 radical (unpaired) electrons. The van der Waals surface area contributed by atoms with Gasteiger partial charge in [0.25, 0.3) is 0 Å². The van der Waals surface area contributed by atoms with Gasteiger partial charge in [0, 0.05) is 5.57 Å². The molecule has 0 saturated heterocycles. The van der Waals surface area contributed by atoms with Crippen LogP contribution in [0.2, 0.25) is 5.31 Å². The molecule has 0 amide bonds. The van der Waals surface area contributed by atoms with E-state index in [9.17, 15) is 4.79 Å². The van der Waals surface area contributed by atoms with Gasteiger partial charge in [-0.05, 0) is 5.31 Å². The minimum Gasteiger partial charge on any atom is -0.392 e. The van der Waals surface area contributed by atoms with E-state index in [0.29, 0.717) is 0 Å². The third-order valence-electron chi connectivity index (χ3n) is 1.10. The molecule has 0 bridgehead atoms. The number of ketones is 1. The van der Waals surface area contributed by atoms with Crippen LogP contribution >= 0.6 is 0 Å². The molecule has 0 spiro atoms. The fraction of sp³-hybridized carbons (Fsp3) is 0.571. The first-order chi connectivity index (χ1) is 4.39. The van der Waals surface area contributed by atoms with Gasteiger partial charge < -0.3 is 5.11 Å². The van der Waals surface area contributed by atoms with E-state index < -0.39 is 5.31 Å². The first-order valence-corrected chi connectivity index (χ1v) is 3.02. The van der Waals surface area contributed by atoms with Crippen molar-refractivity contribution in [3.8, 4) is 0 Å². The van der Waals surface area contributed by atoms with Crippen LogP contribution in [0.3, 0.4) is 0 Å². The Labute approximate surface area is 62.3 Å². The van der Waals surface area contributed by atoms with Gasteiger partial charge in [0.15, 0.2) is 5.78 Å². The van der Waals surface area contributed by atoms with Crippen LogP contribution in [-0.4, -0.2) is 25.3 Å². The Bertz CT molecular complexity index is 155. The van der Waals surface area contributed by atoms with Crippen LogP contribution in [0.15, 0.2) is 12.2 Å². The molecule has 0 aliphatic heterocycles. The summed E-state index contributed by atoms with van der Waals surface area (Å²) < 4.78 is 0. The molecule has 10 heavy (non-hydrogen) atoms. The zero-order chi connectivity index (χ0) is 8.36. The van der Waals surface area contributed by atoms with Crippen molar-refractivity contribution < 1.29 is 9.90 Å². The lowest BCUT2D eigenvalue weighted by molar-refractivity contribution is -0.117. The number of aliphatic hydroxyl groups is 1. The zero-order valence-electron chi connectivity index (χ0n) is 6.35. The molecule has 2 nitrogen and oxygen atoms in total. The topological polar surface area (TPSA) is 37.3 Å². The van der Waals surface area contributed by atoms with Crippen molar-refractivity contribution >= 4 is 13.6 Å². The van der Waals surface area contributed by atoms with Crippen molar-refractivity contribution in [1.29, 1.82) is 0 Å². The summed E-state index contributed by atoms with van der Waals surface area (Å²) in [5.74, 6) is -0.296. The van der Waals surface area contributed by atoms with Crippen LogP contribution in [0, 0.1) is 0 Å². The quantitative estimate of drug-likeness (QED) is 0.454. The lowest BCUT2D eigenvalue weighted by Crippen LogP contribution is -2.20. The van der Waals surface area contributed by atoms with Crippen LogP contribution in [0.5, 0.6) is 0 Å². The second kappa shape index (κ2) is 3.02. The van der Waals surface area contributed by atoms with E-state index in [-0.39, 0.29) is 18.0 Å². The monoisotopic (exact) mass is 138 g/mol. The number of aliphatic hydroxyl groups excluding tert-OH is 1. The zero-order valence-corrected chi connectivity index (χ0v) is 6.35. The van der Waals surface area contributed by atoms with Gasteiger partial charge in [0.2, 0.25) is 0 Å². The maximum Gasteiger partial charge on any atom is 0.157 e. The summed E-state index contributed by atoms with van der Waals surface area (Å²) in [4.78, 5) is 11.0. The highest BCUT2D eigenvalue weighted by atomic mass is 16.3. The van der Waals surface area contributed by atoms with Crippen LogP contribution < -0.4 is 0 Å². The lowest BCUT2D eigenvalue weighted by atomic mass is 9.68. The summed E-state index contributed by atoms with van der Waals surface area (Å²) in [7, 11) is 5.43. The molecule has 54 valence electrons. The van der Waals surface area contributed by atoms with Gasteiger partial charge in [-0.2, -0.15) is 0 Å². The maximum absolute atomic E-state index is 11.0. The van der Waals surface area contributed by atoms with E-state index in [1.807, 2.05) is 0 Å². The van der Waals surface area contributed by atoms with E-state index in [0.717, 1.165) is 0 Å². The van der Waals surface area contributed by atoms with Crippen LogP contribution in [-0.2, 0) is 4.79 Å². The molecule has 0 aliphatic rings. The Morgan fingerprint density at radius 2 is 2.10 bits per heavy atom. The Kier molecular flexibility index (Phi) is 2.85. The predicted octanol–water partition coefficient (Wildman–Crippen LogP) is 0.471. The van der Waals surface area contributed by atoms with Gasteiger partial charge >= 0.3 is 0 Å². The molecule has 0 aromatic carbocycles. The van der Waals surface area contributed by atoms with Gasteiger partial charge in [-0.15, -0.1) is 0 Å². The number of carbonyl (C=O) groups excluding carboxylic acids is 1. The highest BCUT2D eigenvalue weighted by Gasteiger charge is 2.22. The van der Waals surface area contributed by atoms with E-state index >= 15 is 0 Å². The van der Waals surface area contributed by atoms with Crippen molar-refractivity contribution in [2.75, 3.05) is 6.61 Å². The largest absolute Gasteiger partial charge is 0.392 e. The number of hydrogen-bond acceptors (Lipinski definition) is 2. The number of carbonyl (C=O) groups is 1. The van der Waals surface area contributed by atoms with Crippen molar-refractivity contribution in [2.24, 2.45) is 0 Å². The molecule has 0 aliphatic carbocycles. The summed E-state index contributed by atoms with van der Waals surface area (Å²) >= 11 is 0.